The van der Waals surface area contributed by atoms with Gasteiger partial charge in [0.25, 0.3) is 5.91 Å². The minimum atomic E-state index is -0.732. The Labute approximate surface area is 160 Å². The van der Waals surface area contributed by atoms with E-state index in [0.29, 0.717) is 12.2 Å². The summed E-state index contributed by atoms with van der Waals surface area (Å²) in [4.78, 5) is 26.7. The van der Waals surface area contributed by atoms with Crippen molar-refractivity contribution in [2.75, 3.05) is 11.5 Å². The van der Waals surface area contributed by atoms with E-state index in [4.69, 9.17) is 5.10 Å². The maximum Gasteiger partial charge on any atom is 0.325 e. The van der Waals surface area contributed by atoms with Crippen LogP contribution in [0.4, 0.5) is 9.18 Å². The van der Waals surface area contributed by atoms with Gasteiger partial charge in [-0.2, -0.15) is 16.9 Å². The minimum Gasteiger partial charge on any atom is -0.322 e. The summed E-state index contributed by atoms with van der Waals surface area (Å²) in [7, 11) is 0. The second-order valence-corrected chi connectivity index (χ2v) is 8.43. The van der Waals surface area contributed by atoms with Gasteiger partial charge in [-0.05, 0) is 61.3 Å². The van der Waals surface area contributed by atoms with Crippen LogP contribution in [0.3, 0.4) is 0 Å². The number of aromatic nitrogens is 2. The summed E-state index contributed by atoms with van der Waals surface area (Å²) in [6.45, 7) is 0.188. The Bertz CT molecular complexity index is 934. The molecule has 1 aromatic heterocycles. The van der Waals surface area contributed by atoms with Crippen LogP contribution >= 0.6 is 11.8 Å². The van der Waals surface area contributed by atoms with E-state index in [1.54, 1.807) is 23.9 Å². The van der Waals surface area contributed by atoms with Crippen molar-refractivity contribution in [1.82, 2.24) is 20.0 Å². The van der Waals surface area contributed by atoms with Crippen LogP contribution in [0.2, 0.25) is 0 Å². The maximum atomic E-state index is 13.3. The van der Waals surface area contributed by atoms with Crippen molar-refractivity contribution in [3.63, 3.8) is 0 Å². The predicted molar refractivity (Wildman–Crippen MR) is 99.3 cm³/mol. The van der Waals surface area contributed by atoms with Gasteiger partial charge in [-0.25, -0.2) is 13.9 Å². The van der Waals surface area contributed by atoms with E-state index in [9.17, 15) is 14.0 Å². The molecule has 5 rings (SSSR count). The average Bonchev–Trinajstić information content (AvgIpc) is 3.40. The molecule has 0 saturated carbocycles. The number of thioether (sulfide) groups is 1. The molecule has 2 aromatic rings. The van der Waals surface area contributed by atoms with E-state index in [2.05, 4.69) is 5.32 Å². The lowest BCUT2D eigenvalue weighted by Crippen LogP contribution is -2.46. The number of fused-ring (bicyclic) bond motifs is 1. The summed E-state index contributed by atoms with van der Waals surface area (Å²) in [5.41, 5.74) is 3.03. The standard InChI is InChI=1S/C19H19FN4O2S/c20-12-4-6-13(7-5-12)24-16-3-1-2-14(16)15(22-24)10-23-17(25)19(21-18(23)26)8-9-27-11-19/h4-7H,1-3,8-11H2,(H,21,26). The number of carbonyl (C=O) groups excluding carboxylic acids is 2. The van der Waals surface area contributed by atoms with Gasteiger partial charge in [0, 0.05) is 11.4 Å². The summed E-state index contributed by atoms with van der Waals surface area (Å²) in [5, 5.41) is 7.60. The molecule has 6 nitrogen and oxygen atoms in total. The van der Waals surface area contributed by atoms with Crippen molar-refractivity contribution in [2.45, 2.75) is 37.8 Å². The van der Waals surface area contributed by atoms with Crippen molar-refractivity contribution in [3.8, 4) is 5.69 Å². The number of amides is 3. The van der Waals surface area contributed by atoms with Gasteiger partial charge in [0.15, 0.2) is 0 Å². The van der Waals surface area contributed by atoms with E-state index >= 15 is 0 Å². The van der Waals surface area contributed by atoms with Gasteiger partial charge in [0.05, 0.1) is 17.9 Å². The number of halogens is 1. The topological polar surface area (TPSA) is 67.2 Å². The number of benzene rings is 1. The molecule has 8 heteroatoms. The van der Waals surface area contributed by atoms with Crippen molar-refractivity contribution in [1.29, 1.82) is 0 Å². The van der Waals surface area contributed by atoms with Gasteiger partial charge in [-0.3, -0.25) is 9.69 Å². The van der Waals surface area contributed by atoms with E-state index < -0.39 is 5.54 Å². The van der Waals surface area contributed by atoms with Crippen LogP contribution < -0.4 is 5.32 Å². The molecule has 1 N–H and O–H groups in total. The lowest BCUT2D eigenvalue weighted by atomic mass is 9.99. The largest absolute Gasteiger partial charge is 0.325 e. The zero-order chi connectivity index (χ0) is 18.6. The van der Waals surface area contributed by atoms with Crippen molar-refractivity contribution in [3.05, 3.63) is 47.0 Å². The number of nitrogens with one attached hydrogen (secondary N) is 1. The molecule has 1 atom stereocenters. The number of imide groups is 1. The zero-order valence-corrected chi connectivity index (χ0v) is 15.5. The lowest BCUT2D eigenvalue weighted by Gasteiger charge is -2.19. The lowest BCUT2D eigenvalue weighted by molar-refractivity contribution is -0.130. The third kappa shape index (κ3) is 2.57. The first-order valence-electron chi connectivity index (χ1n) is 9.15. The second kappa shape index (κ2) is 6.09. The fraction of sp³-hybridized carbons (Fsp3) is 0.421. The van der Waals surface area contributed by atoms with E-state index in [0.717, 1.165) is 47.7 Å². The molecule has 1 spiro atoms. The Morgan fingerprint density at radius 2 is 2.04 bits per heavy atom. The van der Waals surface area contributed by atoms with Crippen LogP contribution in [0.5, 0.6) is 0 Å². The van der Waals surface area contributed by atoms with Crippen LogP contribution in [0.15, 0.2) is 24.3 Å². The molecule has 3 aliphatic rings. The first kappa shape index (κ1) is 16.8. The highest BCUT2D eigenvalue weighted by Crippen LogP contribution is 2.35. The average molecular weight is 386 g/mol. The molecule has 1 aromatic carbocycles. The molecule has 3 heterocycles. The molecule has 1 unspecified atom stereocenters. The Morgan fingerprint density at radius 3 is 2.78 bits per heavy atom. The summed E-state index contributed by atoms with van der Waals surface area (Å²) >= 11 is 1.69. The van der Waals surface area contributed by atoms with Gasteiger partial charge in [-0.15, -0.1) is 0 Å². The number of urea groups is 1. The van der Waals surface area contributed by atoms with E-state index in [1.165, 1.54) is 17.0 Å². The zero-order valence-electron chi connectivity index (χ0n) is 14.7. The summed E-state index contributed by atoms with van der Waals surface area (Å²) in [6.07, 6.45) is 3.47. The third-order valence-corrected chi connectivity index (χ3v) is 6.85. The molecule has 27 heavy (non-hydrogen) atoms. The van der Waals surface area contributed by atoms with Crippen LogP contribution in [0, 0.1) is 5.82 Å². The fourth-order valence-corrected chi connectivity index (χ4v) is 5.56. The monoisotopic (exact) mass is 386 g/mol. The van der Waals surface area contributed by atoms with Crippen LogP contribution in [-0.4, -0.2) is 43.7 Å². The van der Waals surface area contributed by atoms with Crippen molar-refractivity contribution in [2.24, 2.45) is 0 Å². The number of hydrogen-bond donors (Lipinski definition) is 1. The van der Waals surface area contributed by atoms with Crippen LogP contribution in [-0.2, 0) is 24.2 Å². The molecular formula is C19H19FN4O2S. The SMILES string of the molecule is O=C1NC2(CCSC2)C(=O)N1Cc1nn(-c2ccc(F)cc2)c2c1CCC2. The minimum absolute atomic E-state index is 0.138. The number of hydrogen-bond acceptors (Lipinski definition) is 4. The van der Waals surface area contributed by atoms with Crippen molar-refractivity contribution < 1.29 is 14.0 Å². The first-order chi connectivity index (χ1) is 13.1. The summed E-state index contributed by atoms with van der Waals surface area (Å²) in [6, 6.07) is 5.89. The summed E-state index contributed by atoms with van der Waals surface area (Å²) in [5.74, 6) is 1.09. The molecule has 0 bridgehead atoms. The van der Waals surface area contributed by atoms with Gasteiger partial charge < -0.3 is 5.32 Å². The van der Waals surface area contributed by atoms with E-state index in [1.807, 2.05) is 4.68 Å². The molecule has 1 aliphatic carbocycles. The fourth-order valence-electron chi connectivity index (χ4n) is 4.24. The van der Waals surface area contributed by atoms with Gasteiger partial charge in [-0.1, -0.05) is 0 Å². The maximum absolute atomic E-state index is 13.3. The second-order valence-electron chi connectivity index (χ2n) is 7.32. The molecule has 2 fully saturated rings. The molecule has 2 saturated heterocycles. The normalized spacial score (nSPS) is 24.1. The van der Waals surface area contributed by atoms with Gasteiger partial charge in [0.2, 0.25) is 0 Å². The predicted octanol–water partition coefficient (Wildman–Crippen LogP) is 2.43. The van der Waals surface area contributed by atoms with Gasteiger partial charge >= 0.3 is 6.03 Å². The molecule has 0 radical (unpaired) electrons. The van der Waals surface area contributed by atoms with Crippen LogP contribution in [0.1, 0.15) is 29.8 Å². The quantitative estimate of drug-likeness (QED) is 0.823. The highest BCUT2D eigenvalue weighted by atomic mass is 32.2. The van der Waals surface area contributed by atoms with E-state index in [-0.39, 0.29) is 24.3 Å². The Hall–Kier alpha value is -2.35. The van der Waals surface area contributed by atoms with Crippen LogP contribution in [0.25, 0.3) is 5.69 Å². The summed E-state index contributed by atoms with van der Waals surface area (Å²) < 4.78 is 15.1. The highest BCUT2D eigenvalue weighted by molar-refractivity contribution is 7.99. The van der Waals surface area contributed by atoms with Crippen molar-refractivity contribution >= 4 is 23.7 Å². The molecule has 140 valence electrons. The Balaban J connectivity index is 1.48. The molecular weight excluding hydrogens is 367 g/mol. The number of nitrogens with zero attached hydrogens (tertiary/aromatic N) is 3. The molecule has 3 amide bonds. The Kier molecular flexibility index (Phi) is 3.79. The molecule has 2 aliphatic heterocycles. The smallest absolute Gasteiger partial charge is 0.322 e. The Morgan fingerprint density at radius 1 is 1.22 bits per heavy atom. The van der Waals surface area contributed by atoms with Gasteiger partial charge in [0.1, 0.15) is 11.4 Å². The highest BCUT2D eigenvalue weighted by Gasteiger charge is 2.53. The number of carbonyl (C=O) groups is 2. The first-order valence-corrected chi connectivity index (χ1v) is 10.3. The third-order valence-electron chi connectivity index (χ3n) is 5.66. The number of rotatable bonds is 3.